The Morgan fingerprint density at radius 2 is 2.00 bits per heavy atom. The Bertz CT molecular complexity index is 458. The standard InChI is InChI=1S/C11H11IN2O3/c12-8-3-1-2-4-9(8)13-11(17)14-5-7(6-14)10(15)16/h1-4,7H,5-6H2,(H,13,17)(H,15,16). The van der Waals surface area contributed by atoms with Gasteiger partial charge in [-0.2, -0.15) is 0 Å². The largest absolute Gasteiger partial charge is 0.481 e. The van der Waals surface area contributed by atoms with Gasteiger partial charge in [-0.15, -0.1) is 0 Å². The van der Waals surface area contributed by atoms with Gasteiger partial charge in [-0.3, -0.25) is 4.79 Å². The number of hydrogen-bond acceptors (Lipinski definition) is 2. The molecule has 5 nitrogen and oxygen atoms in total. The first-order chi connectivity index (χ1) is 8.08. The number of halogens is 1. The molecule has 0 aliphatic carbocycles. The number of likely N-dealkylation sites (tertiary alicyclic amines) is 1. The second-order valence-electron chi connectivity index (χ2n) is 3.85. The van der Waals surface area contributed by atoms with Gasteiger partial charge >= 0.3 is 12.0 Å². The van der Waals surface area contributed by atoms with Crippen LogP contribution in [0.2, 0.25) is 0 Å². The fourth-order valence-corrected chi connectivity index (χ4v) is 2.08. The molecule has 0 aromatic heterocycles. The van der Waals surface area contributed by atoms with Gasteiger partial charge in [-0.25, -0.2) is 4.79 Å². The van der Waals surface area contributed by atoms with Crippen molar-refractivity contribution in [3.05, 3.63) is 27.8 Å². The van der Waals surface area contributed by atoms with Crippen LogP contribution in [0.25, 0.3) is 0 Å². The summed E-state index contributed by atoms with van der Waals surface area (Å²) in [6.45, 7) is 0.565. The van der Waals surface area contributed by atoms with E-state index >= 15 is 0 Å². The Hall–Kier alpha value is -1.31. The average Bonchev–Trinajstić information content (AvgIpc) is 2.18. The Kier molecular flexibility index (Phi) is 3.51. The van der Waals surface area contributed by atoms with E-state index in [1.54, 1.807) is 0 Å². The molecule has 2 amide bonds. The SMILES string of the molecule is O=C(O)C1CN(C(=O)Nc2ccccc2I)C1. The van der Waals surface area contributed by atoms with Crippen molar-refractivity contribution in [3.8, 4) is 0 Å². The van der Waals surface area contributed by atoms with E-state index in [2.05, 4.69) is 27.9 Å². The van der Waals surface area contributed by atoms with Crippen molar-refractivity contribution in [2.75, 3.05) is 18.4 Å². The number of carbonyl (C=O) groups excluding carboxylic acids is 1. The Balaban J connectivity index is 1.91. The maximum absolute atomic E-state index is 11.7. The summed E-state index contributed by atoms with van der Waals surface area (Å²) in [5.41, 5.74) is 0.747. The number of para-hydroxylation sites is 1. The predicted octanol–water partition coefficient (Wildman–Crippen LogP) is 1.84. The minimum atomic E-state index is -0.844. The van der Waals surface area contributed by atoms with Gasteiger partial charge in [-0.1, -0.05) is 12.1 Å². The molecule has 2 rings (SSSR count). The Morgan fingerprint density at radius 1 is 1.35 bits per heavy atom. The summed E-state index contributed by atoms with van der Waals surface area (Å²) in [6.07, 6.45) is 0. The van der Waals surface area contributed by atoms with E-state index in [1.807, 2.05) is 24.3 Å². The molecular formula is C11H11IN2O3. The number of hydrogen-bond donors (Lipinski definition) is 2. The third-order valence-electron chi connectivity index (χ3n) is 2.63. The molecule has 17 heavy (non-hydrogen) atoms. The van der Waals surface area contributed by atoms with Crippen molar-refractivity contribution in [2.45, 2.75) is 0 Å². The highest BCUT2D eigenvalue weighted by Crippen LogP contribution is 2.20. The number of carboxylic acid groups (broad SMARTS) is 1. The molecule has 1 aliphatic heterocycles. The van der Waals surface area contributed by atoms with Crippen LogP contribution >= 0.6 is 22.6 Å². The molecule has 0 spiro atoms. The van der Waals surface area contributed by atoms with Crippen LogP contribution in [-0.4, -0.2) is 35.1 Å². The number of rotatable bonds is 2. The highest BCUT2D eigenvalue weighted by atomic mass is 127. The van der Waals surface area contributed by atoms with Gasteiger partial charge in [0.2, 0.25) is 0 Å². The molecule has 1 fully saturated rings. The predicted molar refractivity (Wildman–Crippen MR) is 70.9 cm³/mol. The van der Waals surface area contributed by atoms with E-state index in [0.717, 1.165) is 9.26 Å². The van der Waals surface area contributed by atoms with Crippen LogP contribution in [0.1, 0.15) is 0 Å². The molecule has 0 unspecified atom stereocenters. The number of nitrogens with one attached hydrogen (secondary N) is 1. The molecule has 6 heteroatoms. The van der Waals surface area contributed by atoms with Gasteiger partial charge < -0.3 is 15.3 Å². The monoisotopic (exact) mass is 346 g/mol. The fourth-order valence-electron chi connectivity index (χ4n) is 1.56. The molecular weight excluding hydrogens is 335 g/mol. The van der Waals surface area contributed by atoms with E-state index in [4.69, 9.17) is 5.11 Å². The molecule has 1 heterocycles. The molecule has 1 aromatic rings. The van der Waals surface area contributed by atoms with E-state index in [9.17, 15) is 9.59 Å². The zero-order valence-corrected chi connectivity index (χ0v) is 11.0. The van der Waals surface area contributed by atoms with Crippen LogP contribution in [0, 0.1) is 9.49 Å². The topological polar surface area (TPSA) is 69.6 Å². The van der Waals surface area contributed by atoms with Gasteiger partial charge in [0.05, 0.1) is 11.6 Å². The average molecular weight is 346 g/mol. The summed E-state index contributed by atoms with van der Waals surface area (Å²) in [7, 11) is 0. The van der Waals surface area contributed by atoms with Crippen LogP contribution in [0.4, 0.5) is 10.5 Å². The summed E-state index contributed by atoms with van der Waals surface area (Å²) in [4.78, 5) is 23.8. The third-order valence-corrected chi connectivity index (χ3v) is 3.57. The van der Waals surface area contributed by atoms with Crippen LogP contribution in [-0.2, 0) is 4.79 Å². The Labute approximate surface area is 112 Å². The second-order valence-corrected chi connectivity index (χ2v) is 5.01. The number of benzene rings is 1. The molecule has 1 aromatic carbocycles. The first kappa shape index (κ1) is 12.2. The minimum Gasteiger partial charge on any atom is -0.481 e. The molecule has 0 radical (unpaired) electrons. The van der Waals surface area contributed by atoms with E-state index < -0.39 is 11.9 Å². The van der Waals surface area contributed by atoms with Gasteiger partial charge in [0.25, 0.3) is 0 Å². The number of carboxylic acids is 1. The summed E-state index contributed by atoms with van der Waals surface area (Å²) in [6, 6.07) is 7.20. The lowest BCUT2D eigenvalue weighted by atomic mass is 10.0. The summed E-state index contributed by atoms with van der Waals surface area (Å²) >= 11 is 2.13. The molecule has 0 saturated carbocycles. The first-order valence-electron chi connectivity index (χ1n) is 5.11. The zero-order chi connectivity index (χ0) is 12.4. The van der Waals surface area contributed by atoms with Crippen LogP contribution in [0.3, 0.4) is 0 Å². The third kappa shape index (κ3) is 2.68. The van der Waals surface area contributed by atoms with E-state index in [-0.39, 0.29) is 19.1 Å². The van der Waals surface area contributed by atoms with Crippen LogP contribution in [0.5, 0.6) is 0 Å². The van der Waals surface area contributed by atoms with Gasteiger partial charge in [0.1, 0.15) is 0 Å². The number of amides is 2. The molecule has 1 aliphatic rings. The quantitative estimate of drug-likeness (QED) is 0.803. The highest BCUT2D eigenvalue weighted by Gasteiger charge is 2.35. The van der Waals surface area contributed by atoms with Crippen molar-refractivity contribution in [1.29, 1.82) is 0 Å². The van der Waals surface area contributed by atoms with Crippen LogP contribution < -0.4 is 5.32 Å². The smallest absolute Gasteiger partial charge is 0.321 e. The van der Waals surface area contributed by atoms with E-state index in [0.29, 0.717) is 0 Å². The molecule has 0 bridgehead atoms. The maximum Gasteiger partial charge on any atom is 0.321 e. The second kappa shape index (κ2) is 4.91. The summed E-state index contributed by atoms with van der Waals surface area (Å²) in [5.74, 6) is -1.26. The number of anilines is 1. The lowest BCUT2D eigenvalue weighted by molar-refractivity contribution is -0.145. The van der Waals surface area contributed by atoms with Crippen molar-refractivity contribution >= 4 is 40.3 Å². The Morgan fingerprint density at radius 3 is 2.59 bits per heavy atom. The fraction of sp³-hybridized carbons (Fsp3) is 0.273. The summed E-state index contributed by atoms with van der Waals surface area (Å²) < 4.78 is 0.953. The van der Waals surface area contributed by atoms with Gasteiger partial charge in [-0.05, 0) is 34.7 Å². The van der Waals surface area contributed by atoms with Crippen molar-refractivity contribution in [2.24, 2.45) is 5.92 Å². The first-order valence-corrected chi connectivity index (χ1v) is 6.19. The maximum atomic E-state index is 11.7. The number of nitrogens with zero attached hydrogens (tertiary/aromatic N) is 1. The lowest BCUT2D eigenvalue weighted by Gasteiger charge is -2.36. The number of carbonyl (C=O) groups is 2. The van der Waals surface area contributed by atoms with Gasteiger partial charge in [0, 0.05) is 16.7 Å². The minimum absolute atomic E-state index is 0.244. The summed E-state index contributed by atoms with van der Waals surface area (Å²) in [5, 5.41) is 11.5. The normalized spacial score (nSPS) is 15.2. The van der Waals surface area contributed by atoms with Crippen molar-refractivity contribution in [3.63, 3.8) is 0 Å². The number of urea groups is 1. The van der Waals surface area contributed by atoms with Crippen molar-refractivity contribution in [1.82, 2.24) is 4.90 Å². The lowest BCUT2D eigenvalue weighted by Crippen LogP contribution is -2.54. The van der Waals surface area contributed by atoms with Crippen LogP contribution in [0.15, 0.2) is 24.3 Å². The molecule has 1 saturated heterocycles. The van der Waals surface area contributed by atoms with Crippen molar-refractivity contribution < 1.29 is 14.7 Å². The highest BCUT2D eigenvalue weighted by molar-refractivity contribution is 14.1. The van der Waals surface area contributed by atoms with Gasteiger partial charge in [0.15, 0.2) is 0 Å². The molecule has 2 N–H and O–H groups in total. The zero-order valence-electron chi connectivity index (χ0n) is 8.89. The number of aliphatic carboxylic acids is 1. The van der Waals surface area contributed by atoms with E-state index in [1.165, 1.54) is 4.90 Å². The molecule has 0 atom stereocenters. The molecule has 90 valence electrons.